The van der Waals surface area contributed by atoms with E-state index in [2.05, 4.69) is 0 Å². The minimum atomic E-state index is -5.20. The zero-order valence-corrected chi connectivity index (χ0v) is 14.0. The highest BCUT2D eigenvalue weighted by Gasteiger charge is 2.38. The highest BCUT2D eigenvalue weighted by atomic mass is 19.4. The second kappa shape index (κ2) is 6.87. The molecule has 0 bridgehead atoms. The molecule has 0 aliphatic heterocycles. The van der Waals surface area contributed by atoms with Crippen LogP contribution in [0.5, 0.6) is 0 Å². The Kier molecular flexibility index (Phi) is 4.88. The highest BCUT2D eigenvalue weighted by molar-refractivity contribution is 5.89. The number of halogens is 7. The van der Waals surface area contributed by atoms with Gasteiger partial charge in [-0.05, 0) is 47.2 Å². The average Bonchev–Trinajstić information content (AvgIpc) is 2.52. The van der Waals surface area contributed by atoms with Crippen LogP contribution in [0.1, 0.15) is 24.5 Å². The summed E-state index contributed by atoms with van der Waals surface area (Å²) in [6, 6.07) is 5.95. The molecule has 0 N–H and O–H groups in total. The van der Waals surface area contributed by atoms with Crippen LogP contribution in [0.15, 0.2) is 36.4 Å². The first-order valence-corrected chi connectivity index (χ1v) is 8.10. The summed E-state index contributed by atoms with van der Waals surface area (Å²) in [5.41, 5.74) is -1.97. The molecule has 0 atom stereocenters. The molecule has 0 amide bonds. The minimum absolute atomic E-state index is 0.0286. The molecule has 7 heteroatoms. The molecule has 0 heterocycles. The van der Waals surface area contributed by atoms with Gasteiger partial charge in [-0.2, -0.15) is 13.2 Å². The largest absolute Gasteiger partial charge is 0.422 e. The van der Waals surface area contributed by atoms with Crippen LogP contribution in [0, 0.1) is 23.3 Å². The standard InChI is InChI=1S/C20H13F7/c1-2-3-10-6-14(21)17(15(22)7-10)11-4-5-13-12(8-11)9-16(23)18(19(13)24)20(25,26)27/h4-9H,2-3H2,1H3. The van der Waals surface area contributed by atoms with Crippen LogP contribution in [0.25, 0.3) is 21.9 Å². The number of rotatable bonds is 3. The summed E-state index contributed by atoms with van der Waals surface area (Å²) in [5.74, 6) is -5.26. The van der Waals surface area contributed by atoms with Gasteiger partial charge in [0.25, 0.3) is 0 Å². The summed E-state index contributed by atoms with van der Waals surface area (Å²) in [6.45, 7) is 1.85. The van der Waals surface area contributed by atoms with E-state index in [1.165, 1.54) is 12.1 Å². The van der Waals surface area contributed by atoms with Gasteiger partial charge in [-0.1, -0.05) is 25.5 Å². The van der Waals surface area contributed by atoms with E-state index in [4.69, 9.17) is 0 Å². The molecule has 0 aliphatic carbocycles. The van der Waals surface area contributed by atoms with Crippen molar-refractivity contribution in [3.8, 4) is 11.1 Å². The van der Waals surface area contributed by atoms with Crippen LogP contribution in [0.4, 0.5) is 30.7 Å². The Bertz CT molecular complexity index is 996. The van der Waals surface area contributed by atoms with Crippen molar-refractivity contribution in [3.63, 3.8) is 0 Å². The maximum atomic E-state index is 14.4. The van der Waals surface area contributed by atoms with E-state index in [1.807, 2.05) is 6.92 Å². The molecule has 0 spiro atoms. The van der Waals surface area contributed by atoms with Gasteiger partial charge < -0.3 is 0 Å². The summed E-state index contributed by atoms with van der Waals surface area (Å²) >= 11 is 0. The fourth-order valence-corrected chi connectivity index (χ4v) is 3.08. The number of benzene rings is 3. The van der Waals surface area contributed by atoms with E-state index in [-0.39, 0.29) is 10.9 Å². The van der Waals surface area contributed by atoms with Gasteiger partial charge in [0.05, 0.1) is 5.56 Å². The summed E-state index contributed by atoms with van der Waals surface area (Å²) in [5, 5.41) is -0.720. The average molecular weight is 386 g/mol. The maximum Gasteiger partial charge on any atom is 0.422 e. The normalized spacial score (nSPS) is 12.0. The van der Waals surface area contributed by atoms with Crippen molar-refractivity contribution in [1.82, 2.24) is 0 Å². The van der Waals surface area contributed by atoms with Crippen LogP contribution < -0.4 is 0 Å². The van der Waals surface area contributed by atoms with Gasteiger partial charge in [0, 0.05) is 5.39 Å². The lowest BCUT2D eigenvalue weighted by atomic mass is 9.96. The van der Waals surface area contributed by atoms with E-state index in [9.17, 15) is 30.7 Å². The fourth-order valence-electron chi connectivity index (χ4n) is 3.08. The van der Waals surface area contributed by atoms with Crippen molar-refractivity contribution in [2.75, 3.05) is 0 Å². The third-order valence-electron chi connectivity index (χ3n) is 4.24. The predicted octanol–water partition coefficient (Wildman–Crippen LogP) is 7.03. The molecule has 3 rings (SSSR count). The predicted molar refractivity (Wildman–Crippen MR) is 88.2 cm³/mol. The Morgan fingerprint density at radius 3 is 2.00 bits per heavy atom. The van der Waals surface area contributed by atoms with Crippen LogP contribution in [-0.4, -0.2) is 0 Å². The minimum Gasteiger partial charge on any atom is -0.206 e. The maximum absolute atomic E-state index is 14.4. The molecule has 142 valence electrons. The molecule has 0 saturated carbocycles. The van der Waals surface area contributed by atoms with Gasteiger partial charge in [-0.3, -0.25) is 0 Å². The van der Waals surface area contributed by atoms with Gasteiger partial charge in [0.15, 0.2) is 0 Å². The van der Waals surface area contributed by atoms with Gasteiger partial charge in [-0.15, -0.1) is 0 Å². The van der Waals surface area contributed by atoms with Crippen LogP contribution in [0.2, 0.25) is 0 Å². The van der Waals surface area contributed by atoms with E-state index >= 15 is 0 Å². The monoisotopic (exact) mass is 386 g/mol. The molecular weight excluding hydrogens is 373 g/mol. The second-order valence-corrected chi connectivity index (χ2v) is 6.17. The van der Waals surface area contributed by atoms with Crippen LogP contribution in [0.3, 0.4) is 0 Å². The number of aryl methyl sites for hydroxylation is 1. The van der Waals surface area contributed by atoms with Gasteiger partial charge in [-0.25, -0.2) is 17.6 Å². The van der Waals surface area contributed by atoms with Crippen molar-refractivity contribution in [2.24, 2.45) is 0 Å². The summed E-state index contributed by atoms with van der Waals surface area (Å²) < 4.78 is 95.1. The van der Waals surface area contributed by atoms with E-state index in [0.717, 1.165) is 18.2 Å². The molecule has 27 heavy (non-hydrogen) atoms. The van der Waals surface area contributed by atoms with Crippen LogP contribution in [-0.2, 0) is 12.6 Å². The molecule has 0 unspecified atom stereocenters. The lowest BCUT2D eigenvalue weighted by Gasteiger charge is -2.13. The number of hydrogen-bond donors (Lipinski definition) is 0. The Labute approximate surface area is 150 Å². The fraction of sp³-hybridized carbons (Fsp3) is 0.200. The third-order valence-corrected chi connectivity index (χ3v) is 4.24. The Morgan fingerprint density at radius 2 is 1.44 bits per heavy atom. The molecule has 0 aromatic heterocycles. The van der Waals surface area contributed by atoms with E-state index < -0.39 is 46.0 Å². The zero-order valence-electron chi connectivity index (χ0n) is 14.0. The Morgan fingerprint density at radius 1 is 0.815 bits per heavy atom. The molecule has 3 aromatic carbocycles. The van der Waals surface area contributed by atoms with Crippen molar-refractivity contribution < 1.29 is 30.7 Å². The van der Waals surface area contributed by atoms with E-state index in [1.54, 1.807) is 0 Å². The Hall–Kier alpha value is -2.57. The van der Waals surface area contributed by atoms with Crippen LogP contribution >= 0.6 is 0 Å². The second-order valence-electron chi connectivity index (χ2n) is 6.17. The molecule has 0 saturated heterocycles. The van der Waals surface area contributed by atoms with Crippen molar-refractivity contribution in [1.29, 1.82) is 0 Å². The topological polar surface area (TPSA) is 0 Å². The summed E-state index contributed by atoms with van der Waals surface area (Å²) in [4.78, 5) is 0. The molecule has 0 radical (unpaired) electrons. The first-order valence-electron chi connectivity index (χ1n) is 8.10. The smallest absolute Gasteiger partial charge is 0.206 e. The van der Waals surface area contributed by atoms with Gasteiger partial charge in [0.1, 0.15) is 28.8 Å². The number of alkyl halides is 3. The van der Waals surface area contributed by atoms with Crippen molar-refractivity contribution in [3.05, 3.63) is 70.8 Å². The molecule has 0 nitrogen and oxygen atoms in total. The van der Waals surface area contributed by atoms with Gasteiger partial charge >= 0.3 is 6.18 Å². The lowest BCUT2D eigenvalue weighted by Crippen LogP contribution is -2.11. The molecule has 3 aromatic rings. The van der Waals surface area contributed by atoms with Crippen molar-refractivity contribution in [2.45, 2.75) is 25.9 Å². The van der Waals surface area contributed by atoms with E-state index in [0.29, 0.717) is 24.5 Å². The first kappa shape index (κ1) is 19.2. The highest BCUT2D eigenvalue weighted by Crippen LogP contribution is 2.38. The first-order chi connectivity index (χ1) is 12.6. The van der Waals surface area contributed by atoms with Gasteiger partial charge in [0.2, 0.25) is 0 Å². The Balaban J connectivity index is 2.19. The van der Waals surface area contributed by atoms with Crippen molar-refractivity contribution >= 4 is 10.8 Å². The summed E-state index contributed by atoms with van der Waals surface area (Å²) in [7, 11) is 0. The SMILES string of the molecule is CCCc1cc(F)c(-c2ccc3c(F)c(C(F)(F)F)c(F)cc3c2)c(F)c1. The lowest BCUT2D eigenvalue weighted by molar-refractivity contribution is -0.142. The summed E-state index contributed by atoms with van der Waals surface area (Å²) in [6.07, 6.45) is -4.04. The quantitative estimate of drug-likeness (QED) is 0.424. The third kappa shape index (κ3) is 3.50. The number of hydrogen-bond acceptors (Lipinski definition) is 0. The molecular formula is C20H13F7. The molecule has 0 fully saturated rings. The zero-order chi connectivity index (χ0) is 19.9. The molecule has 0 aliphatic rings. The number of fused-ring (bicyclic) bond motifs is 1.